The van der Waals surface area contributed by atoms with Crippen LogP contribution in [0.4, 0.5) is 0 Å². The van der Waals surface area contributed by atoms with E-state index in [0.717, 1.165) is 49.5 Å². The summed E-state index contributed by atoms with van der Waals surface area (Å²) in [5.41, 5.74) is 7.43. The van der Waals surface area contributed by atoms with Crippen molar-refractivity contribution in [3.63, 3.8) is 0 Å². The highest BCUT2D eigenvalue weighted by atomic mass is 15.0. The molecule has 3 heteroatoms. The number of hydrogen-bond donors (Lipinski definition) is 0. The van der Waals surface area contributed by atoms with E-state index in [0.29, 0.717) is 17.5 Å². The Hall–Kier alpha value is -6.45. The molecule has 9 rings (SSSR count). The first-order valence-corrected chi connectivity index (χ1v) is 16.2. The summed E-state index contributed by atoms with van der Waals surface area (Å²) >= 11 is 0. The van der Waals surface area contributed by atoms with Gasteiger partial charge < -0.3 is 0 Å². The van der Waals surface area contributed by atoms with Crippen LogP contribution in [-0.4, -0.2) is 15.0 Å². The number of rotatable bonds is 5. The zero-order valence-electron chi connectivity index (χ0n) is 26.1. The normalized spacial score (nSPS) is 11.3. The molecule has 9 aromatic rings. The van der Waals surface area contributed by atoms with Crippen molar-refractivity contribution in [2.45, 2.75) is 0 Å². The van der Waals surface area contributed by atoms with Crippen LogP contribution in [0.3, 0.4) is 0 Å². The predicted octanol–water partition coefficient (Wildman–Crippen LogP) is 11.7. The van der Waals surface area contributed by atoms with E-state index in [1.54, 1.807) is 0 Å². The molecule has 0 aliphatic heterocycles. The molecule has 0 aliphatic carbocycles. The minimum Gasteiger partial charge on any atom is -0.208 e. The molecule has 224 valence electrons. The molecule has 0 spiro atoms. The molecule has 0 radical (unpaired) electrons. The fourth-order valence-electron chi connectivity index (χ4n) is 6.79. The SMILES string of the molecule is c1ccc(-c2ccc(-c3nc(-c4ccccc4-c4ccccc4)nc(-c4c5ccccc5cc5c4ccc4ccccc45)n3)cc2)cc1. The van der Waals surface area contributed by atoms with Crippen LogP contribution in [-0.2, 0) is 0 Å². The molecule has 1 heterocycles. The third-order valence-corrected chi connectivity index (χ3v) is 9.13. The molecule has 0 unspecified atom stereocenters. The van der Waals surface area contributed by atoms with Gasteiger partial charge in [0.1, 0.15) is 0 Å². The number of benzene rings is 8. The second kappa shape index (κ2) is 11.7. The third-order valence-electron chi connectivity index (χ3n) is 9.13. The zero-order valence-corrected chi connectivity index (χ0v) is 26.1. The van der Waals surface area contributed by atoms with Crippen LogP contribution in [0.5, 0.6) is 0 Å². The second-order valence-electron chi connectivity index (χ2n) is 12.0. The van der Waals surface area contributed by atoms with Gasteiger partial charge >= 0.3 is 0 Å². The van der Waals surface area contributed by atoms with Gasteiger partial charge in [0.05, 0.1) is 0 Å². The summed E-state index contributed by atoms with van der Waals surface area (Å²) in [4.78, 5) is 15.7. The summed E-state index contributed by atoms with van der Waals surface area (Å²) in [6, 6.07) is 61.6. The Kier molecular flexibility index (Phi) is 6.80. The first-order valence-electron chi connectivity index (χ1n) is 16.2. The summed E-state index contributed by atoms with van der Waals surface area (Å²) in [6.07, 6.45) is 0. The largest absolute Gasteiger partial charge is 0.208 e. The van der Waals surface area contributed by atoms with E-state index in [4.69, 9.17) is 15.0 Å². The van der Waals surface area contributed by atoms with Crippen molar-refractivity contribution in [2.75, 3.05) is 0 Å². The summed E-state index contributed by atoms with van der Waals surface area (Å²) in [5, 5.41) is 6.98. The molecule has 0 bridgehead atoms. The molecule has 0 saturated heterocycles. The quantitative estimate of drug-likeness (QED) is 0.144. The van der Waals surface area contributed by atoms with Crippen molar-refractivity contribution in [3.8, 4) is 56.4 Å². The van der Waals surface area contributed by atoms with E-state index in [-0.39, 0.29) is 0 Å². The first-order chi connectivity index (χ1) is 23.8. The van der Waals surface area contributed by atoms with E-state index >= 15 is 0 Å². The highest BCUT2D eigenvalue weighted by Gasteiger charge is 2.19. The van der Waals surface area contributed by atoms with E-state index in [2.05, 4.69) is 164 Å². The van der Waals surface area contributed by atoms with E-state index in [1.807, 2.05) is 12.1 Å². The lowest BCUT2D eigenvalue weighted by atomic mass is 9.93. The van der Waals surface area contributed by atoms with Gasteiger partial charge in [-0.2, -0.15) is 0 Å². The Morgan fingerprint density at radius 1 is 0.271 bits per heavy atom. The maximum atomic E-state index is 5.31. The molecule has 8 aromatic carbocycles. The maximum absolute atomic E-state index is 5.31. The van der Waals surface area contributed by atoms with E-state index in [1.165, 1.54) is 21.7 Å². The first kappa shape index (κ1) is 27.8. The number of hydrogen-bond acceptors (Lipinski definition) is 3. The molecule has 3 nitrogen and oxygen atoms in total. The zero-order chi connectivity index (χ0) is 31.9. The fourth-order valence-corrected chi connectivity index (χ4v) is 6.79. The highest BCUT2D eigenvalue weighted by molar-refractivity contribution is 6.19. The lowest BCUT2D eigenvalue weighted by molar-refractivity contribution is 1.08. The Balaban J connectivity index is 1.33. The lowest BCUT2D eigenvalue weighted by Gasteiger charge is -2.15. The molecule has 48 heavy (non-hydrogen) atoms. The van der Waals surface area contributed by atoms with Crippen molar-refractivity contribution in [2.24, 2.45) is 0 Å². The average Bonchev–Trinajstić information content (AvgIpc) is 3.17. The Labute approximate surface area is 278 Å². The van der Waals surface area contributed by atoms with Crippen LogP contribution in [0.15, 0.2) is 176 Å². The van der Waals surface area contributed by atoms with Crippen LogP contribution >= 0.6 is 0 Å². The van der Waals surface area contributed by atoms with Crippen molar-refractivity contribution < 1.29 is 0 Å². The monoisotopic (exact) mass is 611 g/mol. The van der Waals surface area contributed by atoms with Crippen LogP contribution in [0.2, 0.25) is 0 Å². The van der Waals surface area contributed by atoms with Gasteiger partial charge in [0.25, 0.3) is 0 Å². The predicted molar refractivity (Wildman–Crippen MR) is 200 cm³/mol. The van der Waals surface area contributed by atoms with Gasteiger partial charge in [0.15, 0.2) is 17.5 Å². The summed E-state index contributed by atoms with van der Waals surface area (Å²) in [7, 11) is 0. The van der Waals surface area contributed by atoms with Crippen LogP contribution in [0.1, 0.15) is 0 Å². The van der Waals surface area contributed by atoms with E-state index < -0.39 is 0 Å². The summed E-state index contributed by atoms with van der Waals surface area (Å²) < 4.78 is 0. The van der Waals surface area contributed by atoms with Gasteiger partial charge in [-0.15, -0.1) is 0 Å². The maximum Gasteiger partial charge on any atom is 0.165 e. The van der Waals surface area contributed by atoms with Crippen LogP contribution in [0.25, 0.3) is 88.7 Å². The third kappa shape index (κ3) is 4.90. The van der Waals surface area contributed by atoms with Gasteiger partial charge in [-0.25, -0.2) is 15.0 Å². The van der Waals surface area contributed by atoms with Crippen LogP contribution in [0, 0.1) is 0 Å². The highest BCUT2D eigenvalue weighted by Crippen LogP contribution is 2.40. The molecular weight excluding hydrogens is 583 g/mol. The molecule has 0 fully saturated rings. The molecular formula is C45H29N3. The smallest absolute Gasteiger partial charge is 0.165 e. The molecule has 0 aliphatic rings. The van der Waals surface area contributed by atoms with Crippen molar-refractivity contribution >= 4 is 32.3 Å². The Bertz CT molecular complexity index is 2590. The summed E-state index contributed by atoms with van der Waals surface area (Å²) in [6.45, 7) is 0. The molecule has 0 saturated carbocycles. The van der Waals surface area contributed by atoms with Gasteiger partial charge in [-0.1, -0.05) is 170 Å². The fraction of sp³-hybridized carbons (Fsp3) is 0. The van der Waals surface area contributed by atoms with Crippen molar-refractivity contribution in [1.29, 1.82) is 0 Å². The van der Waals surface area contributed by atoms with Gasteiger partial charge in [-0.3, -0.25) is 0 Å². The number of fused-ring (bicyclic) bond motifs is 4. The van der Waals surface area contributed by atoms with Gasteiger partial charge in [-0.05, 0) is 60.6 Å². The van der Waals surface area contributed by atoms with Crippen LogP contribution < -0.4 is 0 Å². The van der Waals surface area contributed by atoms with Gasteiger partial charge in [0, 0.05) is 16.7 Å². The van der Waals surface area contributed by atoms with Crippen molar-refractivity contribution in [3.05, 3.63) is 176 Å². The average molecular weight is 612 g/mol. The molecule has 0 atom stereocenters. The molecule has 0 N–H and O–H groups in total. The van der Waals surface area contributed by atoms with E-state index in [9.17, 15) is 0 Å². The van der Waals surface area contributed by atoms with Crippen molar-refractivity contribution in [1.82, 2.24) is 15.0 Å². The summed E-state index contributed by atoms with van der Waals surface area (Å²) in [5.74, 6) is 1.94. The molecule has 0 amide bonds. The standard InChI is InChI=1S/C45H29N3/c1-3-13-30(14-4-1)31-23-25-34(26-24-31)43-46-44(40-22-12-11-19-36(40)32-15-5-2-6-16-32)48-45(47-43)42-38-21-10-8-18-35(38)29-41-37-20-9-7-17-33(37)27-28-39(41)42/h1-29H. The Morgan fingerprint density at radius 2 is 0.812 bits per heavy atom. The van der Waals surface area contributed by atoms with Gasteiger partial charge in [0.2, 0.25) is 0 Å². The minimum atomic E-state index is 0.638. The number of nitrogens with zero attached hydrogens (tertiary/aromatic N) is 3. The number of aromatic nitrogens is 3. The minimum absolute atomic E-state index is 0.638. The second-order valence-corrected chi connectivity index (χ2v) is 12.0. The Morgan fingerprint density at radius 3 is 1.58 bits per heavy atom. The lowest BCUT2D eigenvalue weighted by Crippen LogP contribution is -2.02. The topological polar surface area (TPSA) is 38.7 Å². The molecule has 1 aromatic heterocycles.